The first kappa shape index (κ1) is 12.1. The fourth-order valence-electron chi connectivity index (χ4n) is 1.69. The third kappa shape index (κ3) is 3.31. The first-order valence-electron chi connectivity index (χ1n) is 5.56. The minimum absolute atomic E-state index is 0.647. The normalized spacial score (nSPS) is 11.2. The highest BCUT2D eigenvalue weighted by atomic mass is 32.1. The number of aryl methyl sites for hydroxylation is 1. The van der Waals surface area contributed by atoms with Crippen LogP contribution in [0.5, 0.6) is 0 Å². The molecule has 2 heterocycles. The number of likely N-dealkylation sites (N-methyl/N-ethyl adjacent to an activating group) is 1. The summed E-state index contributed by atoms with van der Waals surface area (Å²) >= 11 is 1.50. The van der Waals surface area contributed by atoms with Crippen molar-refractivity contribution in [1.29, 1.82) is 0 Å². The molecule has 5 heteroatoms. The summed E-state index contributed by atoms with van der Waals surface area (Å²) in [5.41, 5.74) is 7.91. The first-order valence-corrected chi connectivity index (χ1v) is 6.44. The molecule has 0 saturated heterocycles. The number of rotatable bonds is 5. The van der Waals surface area contributed by atoms with Gasteiger partial charge in [-0.25, -0.2) is 4.98 Å². The van der Waals surface area contributed by atoms with Crippen LogP contribution in [0.2, 0.25) is 0 Å². The zero-order valence-electron chi connectivity index (χ0n) is 10.1. The number of thiazole rings is 1. The van der Waals surface area contributed by atoms with Crippen LogP contribution in [0.25, 0.3) is 0 Å². The molecule has 0 atom stereocenters. The molecule has 0 aliphatic heterocycles. The first-order chi connectivity index (χ1) is 8.15. The van der Waals surface area contributed by atoms with Gasteiger partial charge in [-0.1, -0.05) is 0 Å². The number of furan rings is 1. The highest BCUT2D eigenvalue weighted by molar-refractivity contribution is 7.13. The number of nitrogens with zero attached hydrogens (tertiary/aromatic N) is 2. The van der Waals surface area contributed by atoms with E-state index < -0.39 is 0 Å². The topological polar surface area (TPSA) is 55.3 Å². The molecule has 0 spiro atoms. The Labute approximate surface area is 105 Å². The minimum Gasteiger partial charge on any atom is -0.469 e. The van der Waals surface area contributed by atoms with Crippen molar-refractivity contribution in [2.75, 3.05) is 19.3 Å². The molecule has 0 aliphatic carbocycles. The summed E-state index contributed by atoms with van der Waals surface area (Å²) in [6, 6.07) is 2.02. The van der Waals surface area contributed by atoms with Gasteiger partial charge < -0.3 is 15.1 Å². The Hall–Kier alpha value is -1.33. The summed E-state index contributed by atoms with van der Waals surface area (Å²) < 4.78 is 5.28. The van der Waals surface area contributed by atoms with E-state index in [2.05, 4.69) is 16.9 Å². The molecular weight excluding hydrogens is 234 g/mol. The van der Waals surface area contributed by atoms with E-state index in [1.807, 2.05) is 18.4 Å². The summed E-state index contributed by atoms with van der Waals surface area (Å²) in [6.45, 7) is 3.86. The molecule has 0 aliphatic rings. The van der Waals surface area contributed by atoms with Gasteiger partial charge in [-0.2, -0.15) is 0 Å². The van der Waals surface area contributed by atoms with Gasteiger partial charge in [-0.3, -0.25) is 0 Å². The summed E-state index contributed by atoms with van der Waals surface area (Å²) in [5, 5.41) is 2.67. The average molecular weight is 251 g/mol. The van der Waals surface area contributed by atoms with Gasteiger partial charge in [0, 0.05) is 30.5 Å². The third-order valence-electron chi connectivity index (χ3n) is 2.73. The van der Waals surface area contributed by atoms with Gasteiger partial charge in [0.15, 0.2) is 5.13 Å². The molecule has 0 aromatic carbocycles. The second kappa shape index (κ2) is 5.33. The molecule has 0 fully saturated rings. The summed E-state index contributed by atoms with van der Waals surface area (Å²) in [6.07, 6.45) is 2.67. The molecule has 0 amide bonds. The van der Waals surface area contributed by atoms with E-state index >= 15 is 0 Å². The van der Waals surface area contributed by atoms with Gasteiger partial charge in [-0.05, 0) is 20.0 Å². The molecular formula is C12H17N3OS. The van der Waals surface area contributed by atoms with Crippen molar-refractivity contribution < 1.29 is 4.42 Å². The Morgan fingerprint density at radius 2 is 2.35 bits per heavy atom. The molecule has 2 N–H and O–H groups in total. The lowest BCUT2D eigenvalue weighted by molar-refractivity contribution is 0.327. The Morgan fingerprint density at radius 3 is 2.94 bits per heavy atom. The molecule has 0 radical (unpaired) electrons. The van der Waals surface area contributed by atoms with Crippen LogP contribution in [-0.2, 0) is 13.0 Å². The van der Waals surface area contributed by atoms with E-state index in [-0.39, 0.29) is 0 Å². The van der Waals surface area contributed by atoms with Crippen molar-refractivity contribution in [3.63, 3.8) is 0 Å². The molecule has 92 valence electrons. The van der Waals surface area contributed by atoms with Crippen molar-refractivity contribution in [3.05, 3.63) is 34.7 Å². The summed E-state index contributed by atoms with van der Waals surface area (Å²) in [5.74, 6) is 0.995. The van der Waals surface area contributed by atoms with Crippen LogP contribution in [0.4, 0.5) is 5.13 Å². The lowest BCUT2D eigenvalue weighted by Crippen LogP contribution is -2.20. The quantitative estimate of drug-likeness (QED) is 0.886. The molecule has 2 rings (SSSR count). The molecule has 2 aromatic heterocycles. The van der Waals surface area contributed by atoms with Crippen molar-refractivity contribution in [1.82, 2.24) is 9.88 Å². The zero-order valence-corrected chi connectivity index (χ0v) is 11.0. The lowest BCUT2D eigenvalue weighted by Gasteiger charge is -2.15. The third-order valence-corrected chi connectivity index (χ3v) is 3.45. The molecule has 0 unspecified atom stereocenters. The predicted molar refractivity (Wildman–Crippen MR) is 70.0 cm³/mol. The lowest BCUT2D eigenvalue weighted by atomic mass is 10.2. The van der Waals surface area contributed by atoms with E-state index in [1.165, 1.54) is 16.9 Å². The highest BCUT2D eigenvalue weighted by Crippen LogP contribution is 2.13. The van der Waals surface area contributed by atoms with Crippen molar-refractivity contribution in [3.8, 4) is 0 Å². The van der Waals surface area contributed by atoms with Crippen molar-refractivity contribution >= 4 is 16.5 Å². The zero-order chi connectivity index (χ0) is 12.3. The smallest absolute Gasteiger partial charge is 0.180 e. The monoisotopic (exact) mass is 251 g/mol. The van der Waals surface area contributed by atoms with Gasteiger partial charge in [-0.15, -0.1) is 11.3 Å². The number of nitrogens with two attached hydrogens (primary N) is 1. The minimum atomic E-state index is 0.647. The van der Waals surface area contributed by atoms with Crippen LogP contribution < -0.4 is 5.73 Å². The van der Waals surface area contributed by atoms with E-state index in [1.54, 1.807) is 6.26 Å². The number of aromatic nitrogens is 1. The van der Waals surface area contributed by atoms with Gasteiger partial charge in [0.05, 0.1) is 12.0 Å². The Kier molecular flexibility index (Phi) is 3.81. The molecule has 4 nitrogen and oxygen atoms in total. The van der Waals surface area contributed by atoms with Crippen LogP contribution in [-0.4, -0.2) is 23.5 Å². The molecule has 17 heavy (non-hydrogen) atoms. The van der Waals surface area contributed by atoms with Crippen LogP contribution >= 0.6 is 11.3 Å². The maximum absolute atomic E-state index is 5.60. The number of hydrogen-bond acceptors (Lipinski definition) is 5. The second-order valence-corrected chi connectivity index (χ2v) is 5.06. The van der Waals surface area contributed by atoms with Gasteiger partial charge >= 0.3 is 0 Å². The van der Waals surface area contributed by atoms with Crippen LogP contribution in [0.1, 0.15) is 17.0 Å². The van der Waals surface area contributed by atoms with Gasteiger partial charge in [0.25, 0.3) is 0 Å². The van der Waals surface area contributed by atoms with Crippen LogP contribution in [0, 0.1) is 6.92 Å². The SMILES string of the molecule is Cc1occc1CN(C)CCc1csc(N)n1. The predicted octanol–water partition coefficient (Wildman–Crippen LogP) is 2.30. The summed E-state index contributed by atoms with van der Waals surface area (Å²) in [7, 11) is 2.10. The van der Waals surface area contributed by atoms with Gasteiger partial charge in [0.1, 0.15) is 5.76 Å². The van der Waals surface area contributed by atoms with E-state index in [0.717, 1.165) is 31.0 Å². The highest BCUT2D eigenvalue weighted by Gasteiger charge is 2.06. The standard InChI is InChI=1S/C12H17N3OS/c1-9-10(4-6-16-9)7-15(2)5-3-11-8-17-12(13)14-11/h4,6,8H,3,5,7H2,1-2H3,(H2,13,14). The average Bonchev–Trinajstić information content (AvgIpc) is 2.86. The van der Waals surface area contributed by atoms with E-state index in [9.17, 15) is 0 Å². The fourth-order valence-corrected chi connectivity index (χ4v) is 2.29. The van der Waals surface area contributed by atoms with Crippen molar-refractivity contribution in [2.45, 2.75) is 19.9 Å². The van der Waals surface area contributed by atoms with Crippen LogP contribution in [0.3, 0.4) is 0 Å². The maximum Gasteiger partial charge on any atom is 0.180 e. The Bertz CT molecular complexity index is 478. The van der Waals surface area contributed by atoms with Crippen LogP contribution in [0.15, 0.2) is 22.1 Å². The molecule has 0 bridgehead atoms. The molecule has 0 saturated carbocycles. The largest absolute Gasteiger partial charge is 0.469 e. The second-order valence-electron chi connectivity index (χ2n) is 4.17. The summed E-state index contributed by atoms with van der Waals surface area (Å²) in [4.78, 5) is 6.51. The molecule has 2 aromatic rings. The van der Waals surface area contributed by atoms with E-state index in [4.69, 9.17) is 10.2 Å². The Morgan fingerprint density at radius 1 is 1.53 bits per heavy atom. The van der Waals surface area contributed by atoms with Gasteiger partial charge in [0.2, 0.25) is 0 Å². The fraction of sp³-hybridized carbons (Fsp3) is 0.417. The number of nitrogen functional groups attached to an aromatic ring is 1. The van der Waals surface area contributed by atoms with E-state index in [0.29, 0.717) is 5.13 Å². The van der Waals surface area contributed by atoms with Crippen molar-refractivity contribution in [2.24, 2.45) is 0 Å². The number of anilines is 1. The number of hydrogen-bond donors (Lipinski definition) is 1. The Balaban J connectivity index is 1.82. The maximum atomic E-state index is 5.60.